The second-order valence-electron chi connectivity index (χ2n) is 5.05. The van der Waals surface area contributed by atoms with Crippen molar-refractivity contribution in [3.8, 4) is 5.75 Å². The molecule has 0 spiro atoms. The van der Waals surface area contributed by atoms with Gasteiger partial charge in [-0.1, -0.05) is 6.07 Å². The number of carbonyl (C=O) groups is 1. The summed E-state index contributed by atoms with van der Waals surface area (Å²) < 4.78 is 5.08. The molecule has 2 aromatic rings. The molecule has 1 heterocycles. The van der Waals surface area contributed by atoms with E-state index >= 15 is 0 Å². The summed E-state index contributed by atoms with van der Waals surface area (Å²) in [4.78, 5) is 16.3. The van der Waals surface area contributed by atoms with Gasteiger partial charge in [0.05, 0.1) is 12.6 Å². The number of rotatable bonds is 4. The second kappa shape index (κ2) is 5.74. The zero-order chi connectivity index (χ0) is 14.6. The molecule has 0 atom stereocenters. The van der Waals surface area contributed by atoms with E-state index in [1.54, 1.807) is 43.8 Å². The molecule has 0 aliphatic rings. The van der Waals surface area contributed by atoms with Crippen LogP contribution < -0.4 is 10.1 Å². The lowest BCUT2D eigenvalue weighted by Crippen LogP contribution is -2.41. The van der Waals surface area contributed by atoms with Crippen LogP contribution in [0.3, 0.4) is 0 Å². The molecule has 0 bridgehead atoms. The van der Waals surface area contributed by atoms with E-state index in [0.717, 1.165) is 11.3 Å². The Morgan fingerprint density at radius 1 is 1.20 bits per heavy atom. The van der Waals surface area contributed by atoms with Gasteiger partial charge in [-0.3, -0.25) is 9.78 Å². The average molecular weight is 270 g/mol. The minimum absolute atomic E-state index is 0.124. The number of hydrogen-bond acceptors (Lipinski definition) is 3. The van der Waals surface area contributed by atoms with Crippen LogP contribution in [0.5, 0.6) is 5.75 Å². The topological polar surface area (TPSA) is 51.2 Å². The molecule has 4 heteroatoms. The molecule has 4 nitrogen and oxygen atoms in total. The Kier molecular flexibility index (Phi) is 4.03. The molecule has 104 valence electrons. The molecule has 0 saturated carbocycles. The van der Waals surface area contributed by atoms with Gasteiger partial charge in [0.1, 0.15) is 5.75 Å². The molecule has 1 N–H and O–H groups in total. The van der Waals surface area contributed by atoms with Gasteiger partial charge in [0.15, 0.2) is 0 Å². The van der Waals surface area contributed by atoms with Gasteiger partial charge >= 0.3 is 0 Å². The van der Waals surface area contributed by atoms with Gasteiger partial charge in [0.2, 0.25) is 0 Å². The maximum absolute atomic E-state index is 12.3. The van der Waals surface area contributed by atoms with Gasteiger partial charge in [-0.05, 0) is 49.7 Å². The predicted octanol–water partition coefficient (Wildman–Crippen LogP) is 2.76. The number of ether oxygens (including phenoxy) is 1. The van der Waals surface area contributed by atoms with Crippen molar-refractivity contribution in [2.75, 3.05) is 7.11 Å². The third-order valence-corrected chi connectivity index (χ3v) is 3.16. The van der Waals surface area contributed by atoms with Gasteiger partial charge in [0, 0.05) is 18.0 Å². The van der Waals surface area contributed by atoms with Crippen LogP contribution in [-0.4, -0.2) is 18.0 Å². The van der Waals surface area contributed by atoms with Gasteiger partial charge in [-0.2, -0.15) is 0 Å². The Labute approximate surface area is 118 Å². The number of amides is 1. The minimum Gasteiger partial charge on any atom is -0.497 e. The number of methoxy groups -OCH3 is 1. The summed E-state index contributed by atoms with van der Waals surface area (Å²) in [7, 11) is 1.60. The summed E-state index contributed by atoms with van der Waals surface area (Å²) in [6.45, 7) is 3.90. The Bertz CT molecular complexity index is 577. The van der Waals surface area contributed by atoms with Crippen LogP contribution in [0.1, 0.15) is 29.8 Å². The van der Waals surface area contributed by atoms with E-state index in [9.17, 15) is 4.79 Å². The predicted molar refractivity (Wildman–Crippen MR) is 77.7 cm³/mol. The number of hydrogen-bond donors (Lipinski definition) is 1. The number of nitrogens with zero attached hydrogens (tertiary/aromatic N) is 1. The van der Waals surface area contributed by atoms with E-state index in [4.69, 9.17) is 4.74 Å². The zero-order valence-corrected chi connectivity index (χ0v) is 11.9. The van der Waals surface area contributed by atoms with Gasteiger partial charge in [-0.15, -0.1) is 0 Å². The van der Waals surface area contributed by atoms with Crippen LogP contribution in [0.4, 0.5) is 0 Å². The van der Waals surface area contributed by atoms with Crippen molar-refractivity contribution in [1.29, 1.82) is 0 Å². The van der Waals surface area contributed by atoms with E-state index in [2.05, 4.69) is 10.3 Å². The smallest absolute Gasteiger partial charge is 0.251 e. The normalized spacial score (nSPS) is 10.9. The molecule has 0 unspecified atom stereocenters. The molecule has 0 fully saturated rings. The average Bonchev–Trinajstić information content (AvgIpc) is 2.48. The SMILES string of the molecule is COc1ccc(C(=O)NC(C)(C)c2cccnc2)cc1. The highest BCUT2D eigenvalue weighted by Gasteiger charge is 2.23. The summed E-state index contributed by atoms with van der Waals surface area (Å²) in [6, 6.07) is 10.8. The Morgan fingerprint density at radius 3 is 2.45 bits per heavy atom. The monoisotopic (exact) mass is 270 g/mol. The first kappa shape index (κ1) is 14.1. The van der Waals surface area contributed by atoms with Crippen LogP contribution in [0.15, 0.2) is 48.8 Å². The van der Waals surface area contributed by atoms with Crippen LogP contribution in [-0.2, 0) is 5.54 Å². The third-order valence-electron chi connectivity index (χ3n) is 3.16. The maximum atomic E-state index is 12.3. The molecular weight excluding hydrogens is 252 g/mol. The molecule has 1 aromatic carbocycles. The zero-order valence-electron chi connectivity index (χ0n) is 11.9. The van der Waals surface area contributed by atoms with Crippen molar-refractivity contribution in [2.45, 2.75) is 19.4 Å². The van der Waals surface area contributed by atoms with E-state index in [-0.39, 0.29) is 5.91 Å². The number of benzene rings is 1. The fourth-order valence-corrected chi connectivity index (χ4v) is 1.90. The number of aromatic nitrogens is 1. The van der Waals surface area contributed by atoms with Gasteiger partial charge < -0.3 is 10.1 Å². The molecule has 20 heavy (non-hydrogen) atoms. The van der Waals surface area contributed by atoms with Crippen molar-refractivity contribution >= 4 is 5.91 Å². The lowest BCUT2D eigenvalue weighted by atomic mass is 9.95. The van der Waals surface area contributed by atoms with Crippen molar-refractivity contribution in [2.24, 2.45) is 0 Å². The van der Waals surface area contributed by atoms with E-state index < -0.39 is 5.54 Å². The van der Waals surface area contributed by atoms with E-state index in [1.807, 2.05) is 26.0 Å². The number of pyridine rings is 1. The third kappa shape index (κ3) is 3.15. The maximum Gasteiger partial charge on any atom is 0.251 e. The van der Waals surface area contributed by atoms with E-state index in [1.165, 1.54) is 0 Å². The molecule has 0 saturated heterocycles. The van der Waals surface area contributed by atoms with Crippen molar-refractivity contribution in [3.63, 3.8) is 0 Å². The quantitative estimate of drug-likeness (QED) is 0.929. The first-order chi connectivity index (χ1) is 9.53. The second-order valence-corrected chi connectivity index (χ2v) is 5.05. The lowest BCUT2D eigenvalue weighted by molar-refractivity contribution is 0.0912. The van der Waals surface area contributed by atoms with Crippen LogP contribution >= 0.6 is 0 Å². The summed E-state index contributed by atoms with van der Waals surface area (Å²) in [5, 5.41) is 3.01. The van der Waals surface area contributed by atoms with Crippen LogP contribution in [0.25, 0.3) is 0 Å². The summed E-state index contributed by atoms with van der Waals surface area (Å²) in [5.74, 6) is 0.606. The van der Waals surface area contributed by atoms with Gasteiger partial charge in [-0.25, -0.2) is 0 Å². The van der Waals surface area contributed by atoms with Gasteiger partial charge in [0.25, 0.3) is 5.91 Å². The number of carbonyl (C=O) groups excluding carboxylic acids is 1. The highest BCUT2D eigenvalue weighted by molar-refractivity contribution is 5.94. The Hall–Kier alpha value is -2.36. The van der Waals surface area contributed by atoms with E-state index in [0.29, 0.717) is 5.56 Å². The molecule has 0 radical (unpaired) electrons. The molecular formula is C16H18N2O2. The molecule has 2 rings (SSSR count). The Morgan fingerprint density at radius 2 is 1.90 bits per heavy atom. The van der Waals surface area contributed by atoms with Crippen molar-refractivity contribution in [3.05, 3.63) is 59.9 Å². The largest absolute Gasteiger partial charge is 0.497 e. The van der Waals surface area contributed by atoms with Crippen LogP contribution in [0.2, 0.25) is 0 Å². The fraction of sp³-hybridized carbons (Fsp3) is 0.250. The molecule has 0 aliphatic heterocycles. The lowest BCUT2D eigenvalue weighted by Gasteiger charge is -2.26. The van der Waals surface area contributed by atoms with Crippen molar-refractivity contribution in [1.82, 2.24) is 10.3 Å². The first-order valence-corrected chi connectivity index (χ1v) is 6.40. The fourth-order valence-electron chi connectivity index (χ4n) is 1.90. The minimum atomic E-state index is -0.481. The highest BCUT2D eigenvalue weighted by atomic mass is 16.5. The molecule has 1 amide bonds. The molecule has 1 aromatic heterocycles. The first-order valence-electron chi connectivity index (χ1n) is 6.40. The standard InChI is InChI=1S/C16H18N2O2/c1-16(2,13-5-4-10-17-11-13)18-15(19)12-6-8-14(20-3)9-7-12/h4-11H,1-3H3,(H,18,19). The Balaban J connectivity index is 2.14. The highest BCUT2D eigenvalue weighted by Crippen LogP contribution is 2.20. The molecule has 0 aliphatic carbocycles. The van der Waals surface area contributed by atoms with Crippen molar-refractivity contribution < 1.29 is 9.53 Å². The van der Waals surface area contributed by atoms with Crippen LogP contribution in [0, 0.1) is 0 Å². The summed E-state index contributed by atoms with van der Waals surface area (Å²) >= 11 is 0. The number of nitrogens with one attached hydrogen (secondary N) is 1. The summed E-state index contributed by atoms with van der Waals surface area (Å²) in [6.07, 6.45) is 3.47. The summed E-state index contributed by atoms with van der Waals surface area (Å²) in [5.41, 5.74) is 1.08.